The maximum absolute atomic E-state index is 12.5. The normalized spacial score (nSPS) is 17.4. The van der Waals surface area contributed by atoms with Gasteiger partial charge in [-0.25, -0.2) is 14.3 Å². The van der Waals surface area contributed by atoms with E-state index in [0.29, 0.717) is 0 Å². The molecule has 2 N–H and O–H groups in total. The Kier molecular flexibility index (Phi) is 2.96. The highest BCUT2D eigenvalue weighted by Crippen LogP contribution is 2.37. The van der Waals surface area contributed by atoms with Crippen LogP contribution in [-0.4, -0.2) is 15.0 Å². The number of fused-ring (bicyclic) bond motifs is 1. The predicted octanol–water partition coefficient (Wildman–Crippen LogP) is 1.72. The van der Waals surface area contributed by atoms with Crippen LogP contribution < -0.4 is 5.90 Å². The lowest BCUT2D eigenvalue weighted by Crippen LogP contribution is -2.10. The maximum Gasteiger partial charge on any atom is 0.416 e. The molecule has 0 amide bonds. The van der Waals surface area contributed by atoms with Crippen LogP contribution in [0.5, 0.6) is 0 Å². The second-order valence-electron chi connectivity index (χ2n) is 3.68. The van der Waals surface area contributed by atoms with E-state index in [0.717, 1.165) is 24.3 Å². The number of rotatable bonds is 2. The van der Waals surface area contributed by atoms with Gasteiger partial charge in [-0.15, -0.1) is 0 Å². The number of hydrogen-bond donors (Lipinski definition) is 1. The molecule has 0 bridgehead atoms. The van der Waals surface area contributed by atoms with E-state index in [-0.39, 0.29) is 22.0 Å². The van der Waals surface area contributed by atoms with Crippen LogP contribution in [0.2, 0.25) is 0 Å². The second-order valence-corrected chi connectivity index (χ2v) is 5.65. The van der Waals surface area contributed by atoms with Gasteiger partial charge in [0.2, 0.25) is 9.84 Å². The highest BCUT2D eigenvalue weighted by molar-refractivity contribution is 7.95. The van der Waals surface area contributed by atoms with Crippen LogP contribution in [0.1, 0.15) is 11.1 Å². The molecule has 0 saturated heterocycles. The minimum Gasteiger partial charge on any atom is -0.299 e. The molecule has 1 aromatic rings. The molecule has 1 aliphatic rings. The van der Waals surface area contributed by atoms with Crippen molar-refractivity contribution in [2.24, 2.45) is 5.90 Å². The zero-order valence-corrected chi connectivity index (χ0v) is 9.68. The van der Waals surface area contributed by atoms with Crippen molar-refractivity contribution >= 4 is 15.9 Å². The lowest BCUT2D eigenvalue weighted by Gasteiger charge is -2.07. The number of hydrogen-bond acceptors (Lipinski definition) is 4. The fourth-order valence-electron chi connectivity index (χ4n) is 1.68. The summed E-state index contributed by atoms with van der Waals surface area (Å²) in [6, 6.07) is 2.46. The van der Waals surface area contributed by atoms with Gasteiger partial charge in [0.1, 0.15) is 6.61 Å². The molecule has 0 spiro atoms. The van der Waals surface area contributed by atoms with E-state index in [1.54, 1.807) is 0 Å². The monoisotopic (exact) mass is 279 g/mol. The van der Waals surface area contributed by atoms with Gasteiger partial charge in [0.25, 0.3) is 0 Å². The van der Waals surface area contributed by atoms with Gasteiger partial charge in [0.15, 0.2) is 0 Å². The first-order valence-electron chi connectivity index (χ1n) is 4.75. The van der Waals surface area contributed by atoms with Gasteiger partial charge in [0, 0.05) is 0 Å². The molecular weight excluding hydrogens is 271 g/mol. The van der Waals surface area contributed by atoms with Crippen LogP contribution in [0.25, 0.3) is 6.08 Å². The van der Waals surface area contributed by atoms with Crippen molar-refractivity contribution in [3.63, 3.8) is 0 Å². The Morgan fingerprint density at radius 2 is 1.94 bits per heavy atom. The summed E-state index contributed by atoms with van der Waals surface area (Å²) in [6.45, 7) is -0.377. The maximum atomic E-state index is 12.5. The van der Waals surface area contributed by atoms with Crippen molar-refractivity contribution in [3.05, 3.63) is 34.2 Å². The molecule has 2 rings (SSSR count). The lowest BCUT2D eigenvalue weighted by atomic mass is 10.1. The molecular formula is C10H8F3NO3S. The van der Waals surface area contributed by atoms with Gasteiger partial charge < -0.3 is 0 Å². The molecule has 0 aliphatic carbocycles. The van der Waals surface area contributed by atoms with E-state index in [1.165, 1.54) is 0 Å². The van der Waals surface area contributed by atoms with E-state index in [2.05, 4.69) is 4.84 Å². The van der Waals surface area contributed by atoms with Crippen LogP contribution in [0.3, 0.4) is 0 Å². The van der Waals surface area contributed by atoms with Crippen molar-refractivity contribution in [2.45, 2.75) is 11.1 Å². The van der Waals surface area contributed by atoms with E-state index in [4.69, 9.17) is 5.90 Å². The SMILES string of the molecule is NOCC1=Cc2cc(C(F)(F)F)ccc2S1(=O)=O. The summed E-state index contributed by atoms with van der Waals surface area (Å²) >= 11 is 0. The van der Waals surface area contributed by atoms with Crippen LogP contribution in [0, 0.1) is 0 Å². The fraction of sp³-hybridized carbons (Fsp3) is 0.200. The fourth-order valence-corrected chi connectivity index (χ4v) is 3.14. The van der Waals surface area contributed by atoms with Gasteiger partial charge in [-0.05, 0) is 29.8 Å². The van der Waals surface area contributed by atoms with Gasteiger partial charge in [-0.3, -0.25) is 4.84 Å². The Bertz CT molecular complexity index is 620. The first kappa shape index (κ1) is 13.1. The molecule has 0 unspecified atom stereocenters. The second kappa shape index (κ2) is 4.08. The van der Waals surface area contributed by atoms with Gasteiger partial charge >= 0.3 is 6.18 Å². The summed E-state index contributed by atoms with van der Waals surface area (Å²) in [7, 11) is -3.78. The van der Waals surface area contributed by atoms with E-state index >= 15 is 0 Å². The molecule has 0 aromatic heterocycles. The number of sulfone groups is 1. The van der Waals surface area contributed by atoms with Crippen molar-refractivity contribution in [3.8, 4) is 0 Å². The van der Waals surface area contributed by atoms with Gasteiger partial charge in [-0.2, -0.15) is 13.2 Å². The van der Waals surface area contributed by atoms with Crippen molar-refractivity contribution < 1.29 is 26.4 Å². The third-order valence-electron chi connectivity index (χ3n) is 2.51. The van der Waals surface area contributed by atoms with Crippen LogP contribution >= 0.6 is 0 Å². The van der Waals surface area contributed by atoms with Crippen molar-refractivity contribution in [1.29, 1.82) is 0 Å². The zero-order chi connectivity index (χ0) is 13.6. The molecule has 8 heteroatoms. The molecule has 1 heterocycles. The average molecular weight is 279 g/mol. The Labute approximate surface area is 101 Å². The van der Waals surface area contributed by atoms with Crippen LogP contribution in [0.4, 0.5) is 13.2 Å². The molecule has 1 aromatic carbocycles. The number of nitrogens with two attached hydrogens (primary N) is 1. The Balaban J connectivity index is 2.55. The third kappa shape index (κ3) is 2.02. The topological polar surface area (TPSA) is 69.4 Å². The number of halogens is 3. The van der Waals surface area contributed by atoms with Crippen molar-refractivity contribution in [1.82, 2.24) is 0 Å². The average Bonchev–Trinajstić information content (AvgIpc) is 2.50. The number of benzene rings is 1. The summed E-state index contributed by atoms with van der Waals surface area (Å²) in [4.78, 5) is 3.90. The van der Waals surface area contributed by atoms with Gasteiger partial charge in [-0.1, -0.05) is 0 Å². The summed E-state index contributed by atoms with van der Waals surface area (Å²) in [5.74, 6) is 4.78. The predicted molar refractivity (Wildman–Crippen MR) is 56.7 cm³/mol. The standard InChI is InChI=1S/C10H8F3NO3S/c11-10(12,13)7-1-2-9-6(3-7)4-8(5-17-14)18(9,15)16/h1-4H,5,14H2. The zero-order valence-electron chi connectivity index (χ0n) is 8.86. The van der Waals surface area contributed by atoms with E-state index in [9.17, 15) is 21.6 Å². The van der Waals surface area contributed by atoms with E-state index < -0.39 is 21.6 Å². The molecule has 18 heavy (non-hydrogen) atoms. The van der Waals surface area contributed by atoms with Gasteiger partial charge in [0.05, 0.1) is 15.4 Å². The Hall–Kier alpha value is -1.38. The molecule has 0 radical (unpaired) electrons. The van der Waals surface area contributed by atoms with E-state index in [1.807, 2.05) is 0 Å². The quantitative estimate of drug-likeness (QED) is 0.837. The minimum atomic E-state index is -4.51. The highest BCUT2D eigenvalue weighted by Gasteiger charge is 2.35. The third-order valence-corrected chi connectivity index (χ3v) is 4.39. The molecule has 1 aliphatic heterocycles. The molecule has 0 atom stereocenters. The molecule has 4 nitrogen and oxygen atoms in total. The lowest BCUT2D eigenvalue weighted by molar-refractivity contribution is -0.137. The first-order valence-corrected chi connectivity index (χ1v) is 6.24. The summed E-state index contributed by atoms with van der Waals surface area (Å²) < 4.78 is 61.1. The molecule has 98 valence electrons. The summed E-state index contributed by atoms with van der Waals surface area (Å²) in [5.41, 5.74) is -0.903. The Morgan fingerprint density at radius 1 is 1.28 bits per heavy atom. The summed E-state index contributed by atoms with van der Waals surface area (Å²) in [5, 5.41) is 0. The number of alkyl halides is 3. The molecule has 0 fully saturated rings. The Morgan fingerprint density at radius 3 is 2.50 bits per heavy atom. The largest absolute Gasteiger partial charge is 0.416 e. The smallest absolute Gasteiger partial charge is 0.299 e. The van der Waals surface area contributed by atoms with Crippen LogP contribution in [0.15, 0.2) is 28.0 Å². The van der Waals surface area contributed by atoms with Crippen molar-refractivity contribution in [2.75, 3.05) is 6.61 Å². The summed E-state index contributed by atoms with van der Waals surface area (Å²) in [6.07, 6.45) is -3.38. The minimum absolute atomic E-state index is 0.00289. The highest BCUT2D eigenvalue weighted by atomic mass is 32.2. The van der Waals surface area contributed by atoms with Crippen LogP contribution in [-0.2, 0) is 20.9 Å². The first-order chi connectivity index (χ1) is 8.26. The molecule has 0 saturated carbocycles.